The number of aromatic nitrogens is 1. The lowest BCUT2D eigenvalue weighted by Gasteiger charge is -2.06. The molecule has 0 saturated heterocycles. The molecule has 0 radical (unpaired) electrons. The molecule has 0 aliphatic heterocycles. The molecule has 2 N–H and O–H groups in total. The SMILES string of the molecule is Cc1nc(CNS(=O)(=O)c2ccc(CO)cc2)cs1. The number of rotatable bonds is 5. The smallest absolute Gasteiger partial charge is 0.240 e. The average Bonchev–Trinajstić information content (AvgIpc) is 2.82. The number of aliphatic hydroxyl groups excluding tert-OH is 1. The molecule has 1 heterocycles. The molecular formula is C12H14N2O3S2. The van der Waals surface area contributed by atoms with Gasteiger partial charge in [-0.1, -0.05) is 12.1 Å². The van der Waals surface area contributed by atoms with Crippen molar-refractivity contribution in [3.8, 4) is 0 Å². The quantitative estimate of drug-likeness (QED) is 0.875. The molecule has 5 nitrogen and oxygen atoms in total. The Kier molecular flexibility index (Phi) is 4.31. The van der Waals surface area contributed by atoms with Gasteiger partial charge in [-0.25, -0.2) is 18.1 Å². The summed E-state index contributed by atoms with van der Waals surface area (Å²) in [7, 11) is -3.54. The van der Waals surface area contributed by atoms with E-state index in [1.54, 1.807) is 12.1 Å². The Bertz CT molecular complexity index is 648. The van der Waals surface area contributed by atoms with Crippen LogP contribution in [0.4, 0.5) is 0 Å². The number of benzene rings is 1. The van der Waals surface area contributed by atoms with E-state index in [1.165, 1.54) is 23.5 Å². The van der Waals surface area contributed by atoms with Crippen LogP contribution in [-0.2, 0) is 23.2 Å². The van der Waals surface area contributed by atoms with E-state index in [0.717, 1.165) is 5.01 Å². The molecule has 7 heteroatoms. The fraction of sp³-hybridized carbons (Fsp3) is 0.250. The van der Waals surface area contributed by atoms with Crippen LogP contribution in [0.5, 0.6) is 0 Å². The highest BCUT2D eigenvalue weighted by atomic mass is 32.2. The minimum absolute atomic E-state index is 0.105. The molecule has 102 valence electrons. The maximum absolute atomic E-state index is 12.0. The van der Waals surface area contributed by atoms with E-state index in [9.17, 15) is 8.42 Å². The number of nitrogens with one attached hydrogen (secondary N) is 1. The second-order valence-corrected chi connectivity index (χ2v) is 6.81. The number of sulfonamides is 1. The van der Waals surface area contributed by atoms with Gasteiger partial charge in [0.15, 0.2) is 0 Å². The summed E-state index contributed by atoms with van der Waals surface area (Å²) in [6, 6.07) is 6.11. The van der Waals surface area contributed by atoms with Crippen molar-refractivity contribution in [3.05, 3.63) is 45.9 Å². The molecule has 0 amide bonds. The summed E-state index contributed by atoms with van der Waals surface area (Å²) < 4.78 is 26.5. The molecule has 2 rings (SSSR count). The van der Waals surface area contributed by atoms with Crippen LogP contribution < -0.4 is 4.72 Å². The molecule has 0 unspecified atom stereocenters. The van der Waals surface area contributed by atoms with Crippen molar-refractivity contribution in [3.63, 3.8) is 0 Å². The maximum atomic E-state index is 12.0. The summed E-state index contributed by atoms with van der Waals surface area (Å²) >= 11 is 1.48. The topological polar surface area (TPSA) is 79.3 Å². The van der Waals surface area contributed by atoms with E-state index >= 15 is 0 Å². The van der Waals surface area contributed by atoms with E-state index in [1.807, 2.05) is 12.3 Å². The zero-order valence-electron chi connectivity index (χ0n) is 10.3. The van der Waals surface area contributed by atoms with Crippen LogP contribution in [0.25, 0.3) is 0 Å². The number of aliphatic hydroxyl groups is 1. The van der Waals surface area contributed by atoms with Gasteiger partial charge in [0.1, 0.15) is 0 Å². The van der Waals surface area contributed by atoms with Crippen LogP contribution in [0, 0.1) is 6.92 Å². The first kappa shape index (κ1) is 14.1. The van der Waals surface area contributed by atoms with E-state index in [2.05, 4.69) is 9.71 Å². The highest BCUT2D eigenvalue weighted by Gasteiger charge is 2.14. The van der Waals surface area contributed by atoms with Gasteiger partial charge < -0.3 is 5.11 Å². The Hall–Kier alpha value is -1.28. The lowest BCUT2D eigenvalue weighted by Crippen LogP contribution is -2.23. The Labute approximate surface area is 116 Å². The van der Waals surface area contributed by atoms with Crippen LogP contribution in [0.1, 0.15) is 16.3 Å². The van der Waals surface area contributed by atoms with Crippen molar-refractivity contribution in [2.45, 2.75) is 25.0 Å². The third kappa shape index (κ3) is 3.60. The third-order valence-corrected chi connectivity index (χ3v) is 4.77. The van der Waals surface area contributed by atoms with E-state index < -0.39 is 10.0 Å². The van der Waals surface area contributed by atoms with Crippen molar-refractivity contribution in [1.29, 1.82) is 0 Å². The van der Waals surface area contributed by atoms with Crippen molar-refractivity contribution >= 4 is 21.4 Å². The molecule has 0 atom stereocenters. The molecular weight excluding hydrogens is 284 g/mol. The summed E-state index contributed by atoms with van der Waals surface area (Å²) in [6.45, 7) is 1.94. The highest BCUT2D eigenvalue weighted by Crippen LogP contribution is 2.12. The fourth-order valence-electron chi connectivity index (χ4n) is 1.52. The largest absolute Gasteiger partial charge is 0.392 e. The van der Waals surface area contributed by atoms with Crippen LogP contribution in [-0.4, -0.2) is 18.5 Å². The van der Waals surface area contributed by atoms with Gasteiger partial charge in [-0.15, -0.1) is 11.3 Å². The Balaban J connectivity index is 2.09. The monoisotopic (exact) mass is 298 g/mol. The van der Waals surface area contributed by atoms with Gasteiger partial charge in [0, 0.05) is 5.38 Å². The van der Waals surface area contributed by atoms with Gasteiger partial charge >= 0.3 is 0 Å². The molecule has 0 aliphatic carbocycles. The number of nitrogens with zero attached hydrogens (tertiary/aromatic N) is 1. The van der Waals surface area contributed by atoms with Crippen molar-refractivity contribution in [2.24, 2.45) is 0 Å². The Morgan fingerprint density at radius 2 is 2.00 bits per heavy atom. The molecule has 0 fully saturated rings. The first-order chi connectivity index (χ1) is 9.01. The first-order valence-electron chi connectivity index (χ1n) is 5.62. The van der Waals surface area contributed by atoms with E-state index in [0.29, 0.717) is 11.3 Å². The standard InChI is InChI=1S/C12H14N2O3S2/c1-9-14-11(8-18-9)6-13-19(16,17)12-4-2-10(7-15)3-5-12/h2-5,8,13,15H,6-7H2,1H3. The summed E-state index contributed by atoms with van der Waals surface area (Å²) in [5.41, 5.74) is 1.38. The summed E-state index contributed by atoms with van der Waals surface area (Å²) in [5.74, 6) is 0. The van der Waals surface area contributed by atoms with Gasteiger partial charge in [-0.2, -0.15) is 0 Å². The lowest BCUT2D eigenvalue weighted by molar-refractivity contribution is 0.282. The number of thiazole rings is 1. The minimum atomic E-state index is -3.54. The van der Waals surface area contributed by atoms with Gasteiger partial charge in [-0.3, -0.25) is 0 Å². The van der Waals surface area contributed by atoms with Crippen molar-refractivity contribution in [2.75, 3.05) is 0 Å². The van der Waals surface area contributed by atoms with Crippen LogP contribution in [0.3, 0.4) is 0 Å². The van der Waals surface area contributed by atoms with Gasteiger partial charge in [0.25, 0.3) is 0 Å². The fourth-order valence-corrected chi connectivity index (χ4v) is 3.13. The lowest BCUT2D eigenvalue weighted by atomic mass is 10.2. The zero-order chi connectivity index (χ0) is 13.9. The molecule has 0 aliphatic rings. The number of hydrogen-bond donors (Lipinski definition) is 2. The summed E-state index contributed by atoms with van der Waals surface area (Å²) in [6.07, 6.45) is 0. The van der Waals surface area contributed by atoms with Gasteiger partial charge in [-0.05, 0) is 24.6 Å². The normalized spacial score (nSPS) is 11.7. The molecule has 0 bridgehead atoms. The minimum Gasteiger partial charge on any atom is -0.392 e. The van der Waals surface area contributed by atoms with E-state index in [-0.39, 0.29) is 18.0 Å². The highest BCUT2D eigenvalue weighted by molar-refractivity contribution is 7.89. The van der Waals surface area contributed by atoms with E-state index in [4.69, 9.17) is 5.11 Å². The Morgan fingerprint density at radius 3 is 2.53 bits per heavy atom. The average molecular weight is 298 g/mol. The Morgan fingerprint density at radius 1 is 1.32 bits per heavy atom. The zero-order valence-corrected chi connectivity index (χ0v) is 12.0. The third-order valence-electron chi connectivity index (χ3n) is 2.53. The molecule has 1 aromatic carbocycles. The van der Waals surface area contributed by atoms with Gasteiger partial charge in [0.2, 0.25) is 10.0 Å². The predicted octanol–water partition coefficient (Wildman–Crippen LogP) is 1.42. The van der Waals surface area contributed by atoms with Gasteiger partial charge in [0.05, 0.1) is 28.7 Å². The van der Waals surface area contributed by atoms with Crippen molar-refractivity contribution < 1.29 is 13.5 Å². The summed E-state index contributed by atoms with van der Waals surface area (Å²) in [4.78, 5) is 4.37. The van der Waals surface area contributed by atoms with Crippen LogP contribution >= 0.6 is 11.3 Å². The maximum Gasteiger partial charge on any atom is 0.240 e. The number of hydrogen-bond acceptors (Lipinski definition) is 5. The predicted molar refractivity (Wildman–Crippen MR) is 73.2 cm³/mol. The second kappa shape index (κ2) is 5.79. The molecule has 19 heavy (non-hydrogen) atoms. The van der Waals surface area contributed by atoms with Crippen LogP contribution in [0.2, 0.25) is 0 Å². The second-order valence-electron chi connectivity index (χ2n) is 3.98. The molecule has 2 aromatic rings. The van der Waals surface area contributed by atoms with Crippen molar-refractivity contribution in [1.82, 2.24) is 9.71 Å². The molecule has 0 saturated carbocycles. The van der Waals surface area contributed by atoms with Crippen LogP contribution in [0.15, 0.2) is 34.5 Å². The molecule has 1 aromatic heterocycles. The number of aryl methyl sites for hydroxylation is 1. The summed E-state index contributed by atoms with van der Waals surface area (Å²) in [5, 5.41) is 11.6. The first-order valence-corrected chi connectivity index (χ1v) is 7.98. The molecule has 0 spiro atoms.